The van der Waals surface area contributed by atoms with Gasteiger partial charge in [0.15, 0.2) is 0 Å². The van der Waals surface area contributed by atoms with Crippen molar-refractivity contribution in [2.45, 2.75) is 19.3 Å². The highest BCUT2D eigenvalue weighted by Gasteiger charge is 2.13. The minimum atomic E-state index is 0. The van der Waals surface area contributed by atoms with E-state index >= 15 is 0 Å². The molecule has 1 heterocycles. The van der Waals surface area contributed by atoms with Gasteiger partial charge in [0.05, 0.1) is 0 Å². The average molecular weight is 232 g/mol. The van der Waals surface area contributed by atoms with Gasteiger partial charge in [-0.2, -0.15) is 0 Å². The quantitative estimate of drug-likeness (QED) is 0.725. The number of benzene rings is 1. The highest BCUT2D eigenvalue weighted by molar-refractivity contribution is 6.30. The van der Waals surface area contributed by atoms with Gasteiger partial charge in [-0.15, -0.1) is 12.4 Å². The zero-order valence-electron chi connectivity index (χ0n) is 8.22. The highest BCUT2D eigenvalue weighted by Crippen LogP contribution is 2.25. The summed E-state index contributed by atoms with van der Waals surface area (Å²) in [5.74, 6) is 0.580. The average Bonchev–Trinajstić information content (AvgIpc) is 2.29. The lowest BCUT2D eigenvalue weighted by molar-refractivity contribution is 0.644. The van der Waals surface area contributed by atoms with Crippen molar-refractivity contribution in [3.8, 4) is 0 Å². The first kappa shape index (κ1) is 11.8. The Morgan fingerprint density at radius 3 is 3.00 bits per heavy atom. The van der Waals surface area contributed by atoms with Gasteiger partial charge >= 0.3 is 0 Å². The van der Waals surface area contributed by atoms with Crippen LogP contribution in [0.5, 0.6) is 0 Å². The summed E-state index contributed by atoms with van der Waals surface area (Å²) in [6.45, 7) is 4.39. The van der Waals surface area contributed by atoms with E-state index in [0.717, 1.165) is 24.5 Å². The molecule has 0 aliphatic carbocycles. The van der Waals surface area contributed by atoms with Crippen LogP contribution in [0.1, 0.15) is 24.0 Å². The van der Waals surface area contributed by atoms with Crippen molar-refractivity contribution in [3.05, 3.63) is 34.3 Å². The summed E-state index contributed by atoms with van der Waals surface area (Å²) in [6, 6.07) is 6.24. The molecule has 0 spiro atoms. The molecule has 1 aromatic rings. The molecule has 14 heavy (non-hydrogen) atoms. The van der Waals surface area contributed by atoms with Crippen molar-refractivity contribution in [2.75, 3.05) is 13.1 Å². The van der Waals surface area contributed by atoms with Crippen molar-refractivity contribution in [2.24, 2.45) is 0 Å². The van der Waals surface area contributed by atoms with Crippen molar-refractivity contribution in [3.63, 3.8) is 0 Å². The first-order valence-corrected chi connectivity index (χ1v) is 5.14. The Morgan fingerprint density at radius 2 is 2.21 bits per heavy atom. The van der Waals surface area contributed by atoms with Gasteiger partial charge < -0.3 is 5.32 Å². The van der Waals surface area contributed by atoms with Gasteiger partial charge in [-0.1, -0.05) is 24.6 Å². The Kier molecular flexibility index (Phi) is 4.24. The van der Waals surface area contributed by atoms with Crippen molar-refractivity contribution in [1.29, 1.82) is 0 Å². The van der Waals surface area contributed by atoms with E-state index in [2.05, 4.69) is 24.4 Å². The minimum absolute atomic E-state index is 0. The number of hydrogen-bond acceptors (Lipinski definition) is 1. The minimum Gasteiger partial charge on any atom is -0.316 e. The van der Waals surface area contributed by atoms with Crippen molar-refractivity contribution >= 4 is 24.0 Å². The Hall–Kier alpha value is -0.240. The summed E-state index contributed by atoms with van der Waals surface area (Å²) >= 11 is 5.97. The molecule has 78 valence electrons. The third-order valence-electron chi connectivity index (χ3n) is 2.66. The molecule has 0 radical (unpaired) electrons. The molecular formula is C11H15Cl2N. The van der Waals surface area contributed by atoms with Gasteiger partial charge in [0.1, 0.15) is 0 Å². The summed E-state index contributed by atoms with van der Waals surface area (Å²) in [4.78, 5) is 0. The molecule has 1 aromatic carbocycles. The zero-order chi connectivity index (χ0) is 9.26. The Bertz CT molecular complexity index is 312. The SMILES string of the molecule is CC1CNCCc2ccc(Cl)cc21.Cl. The second-order valence-electron chi connectivity index (χ2n) is 3.70. The monoisotopic (exact) mass is 231 g/mol. The molecule has 3 heteroatoms. The van der Waals surface area contributed by atoms with Crippen LogP contribution in [0.15, 0.2) is 18.2 Å². The standard InChI is InChI=1S/C11H14ClN.ClH/c1-8-7-13-5-4-9-2-3-10(12)6-11(8)9;/h2-3,6,8,13H,4-5,7H2,1H3;1H. The number of halogens is 2. The van der Waals surface area contributed by atoms with E-state index in [-0.39, 0.29) is 12.4 Å². The molecule has 1 atom stereocenters. The normalized spacial score (nSPS) is 20.6. The Balaban J connectivity index is 0.000000980. The van der Waals surface area contributed by atoms with E-state index in [9.17, 15) is 0 Å². The maximum atomic E-state index is 5.97. The Labute approximate surface area is 96.3 Å². The summed E-state index contributed by atoms with van der Waals surface area (Å²) < 4.78 is 0. The topological polar surface area (TPSA) is 12.0 Å². The van der Waals surface area contributed by atoms with E-state index in [1.54, 1.807) is 0 Å². The predicted molar refractivity (Wildman–Crippen MR) is 63.7 cm³/mol. The van der Waals surface area contributed by atoms with Crippen LogP contribution in [-0.2, 0) is 6.42 Å². The lowest BCUT2D eigenvalue weighted by Crippen LogP contribution is -2.18. The first-order chi connectivity index (χ1) is 6.27. The molecule has 1 N–H and O–H groups in total. The Morgan fingerprint density at radius 1 is 1.43 bits per heavy atom. The lowest BCUT2D eigenvalue weighted by atomic mass is 9.96. The zero-order valence-corrected chi connectivity index (χ0v) is 9.79. The molecule has 0 fully saturated rings. The summed E-state index contributed by atoms with van der Waals surface area (Å²) in [5.41, 5.74) is 2.86. The van der Waals surface area contributed by atoms with Crippen molar-refractivity contribution in [1.82, 2.24) is 5.32 Å². The molecule has 1 aliphatic heterocycles. The number of nitrogens with one attached hydrogen (secondary N) is 1. The van der Waals surface area contributed by atoms with Crippen molar-refractivity contribution < 1.29 is 0 Å². The fourth-order valence-electron chi connectivity index (χ4n) is 1.90. The van der Waals surface area contributed by atoms with E-state index < -0.39 is 0 Å². The molecule has 1 unspecified atom stereocenters. The highest BCUT2D eigenvalue weighted by atomic mass is 35.5. The van der Waals surface area contributed by atoms with Crippen LogP contribution in [-0.4, -0.2) is 13.1 Å². The second-order valence-corrected chi connectivity index (χ2v) is 4.13. The molecule has 2 rings (SSSR count). The predicted octanol–water partition coefficient (Wildman–Crippen LogP) is 3.01. The van der Waals surface area contributed by atoms with Gasteiger partial charge in [-0.3, -0.25) is 0 Å². The maximum absolute atomic E-state index is 5.97. The molecule has 1 nitrogen and oxygen atoms in total. The summed E-state index contributed by atoms with van der Waals surface area (Å²) in [7, 11) is 0. The third kappa shape index (κ3) is 2.41. The number of rotatable bonds is 0. The van der Waals surface area contributed by atoms with E-state index in [0.29, 0.717) is 5.92 Å². The summed E-state index contributed by atoms with van der Waals surface area (Å²) in [5, 5.41) is 4.27. The van der Waals surface area contributed by atoms with Crippen LogP contribution in [0.4, 0.5) is 0 Å². The van der Waals surface area contributed by atoms with Crippen LogP contribution in [0.3, 0.4) is 0 Å². The fourth-order valence-corrected chi connectivity index (χ4v) is 2.08. The molecule has 1 aliphatic rings. The molecule has 0 amide bonds. The third-order valence-corrected chi connectivity index (χ3v) is 2.90. The van der Waals surface area contributed by atoms with E-state index in [1.807, 2.05) is 6.07 Å². The molecular weight excluding hydrogens is 217 g/mol. The van der Waals surface area contributed by atoms with Gasteiger partial charge in [-0.25, -0.2) is 0 Å². The van der Waals surface area contributed by atoms with Crippen LogP contribution in [0, 0.1) is 0 Å². The molecule has 0 aromatic heterocycles. The van der Waals surface area contributed by atoms with Gasteiger partial charge in [0.25, 0.3) is 0 Å². The fraction of sp³-hybridized carbons (Fsp3) is 0.455. The second kappa shape index (κ2) is 5.01. The largest absolute Gasteiger partial charge is 0.316 e. The van der Waals surface area contributed by atoms with Gasteiger partial charge in [0.2, 0.25) is 0 Å². The maximum Gasteiger partial charge on any atom is 0.0409 e. The van der Waals surface area contributed by atoms with Crippen LogP contribution in [0.25, 0.3) is 0 Å². The molecule has 0 saturated carbocycles. The van der Waals surface area contributed by atoms with E-state index in [1.165, 1.54) is 11.1 Å². The van der Waals surface area contributed by atoms with Gasteiger partial charge in [-0.05, 0) is 42.1 Å². The summed E-state index contributed by atoms with van der Waals surface area (Å²) in [6.07, 6.45) is 1.12. The van der Waals surface area contributed by atoms with Gasteiger partial charge in [0, 0.05) is 11.6 Å². The number of fused-ring (bicyclic) bond motifs is 1. The smallest absolute Gasteiger partial charge is 0.0409 e. The number of hydrogen-bond donors (Lipinski definition) is 1. The van der Waals surface area contributed by atoms with Crippen LogP contribution < -0.4 is 5.32 Å². The molecule has 0 saturated heterocycles. The van der Waals surface area contributed by atoms with E-state index in [4.69, 9.17) is 11.6 Å². The first-order valence-electron chi connectivity index (χ1n) is 4.76. The van der Waals surface area contributed by atoms with Crippen LogP contribution >= 0.6 is 24.0 Å². The lowest BCUT2D eigenvalue weighted by Gasteiger charge is -2.11. The molecule has 0 bridgehead atoms. The van der Waals surface area contributed by atoms with Crippen LogP contribution in [0.2, 0.25) is 5.02 Å².